The number of nitrogen functional groups attached to an aromatic ring is 1. The number of aromatic amines is 1. The normalized spacial score (nSPS) is 14.0. The maximum Gasteiger partial charge on any atom is 0.276 e. The Labute approximate surface area is 137 Å². The molecule has 1 aliphatic rings. The number of nitrogens with zero attached hydrogens (tertiary/aromatic N) is 3. The first kappa shape index (κ1) is 14.0. The van der Waals surface area contributed by atoms with Crippen LogP contribution >= 0.6 is 11.6 Å². The van der Waals surface area contributed by atoms with E-state index in [2.05, 4.69) is 15.0 Å². The van der Waals surface area contributed by atoms with Gasteiger partial charge in [-0.25, -0.2) is 9.97 Å². The van der Waals surface area contributed by atoms with Crippen molar-refractivity contribution in [3.05, 3.63) is 52.6 Å². The van der Waals surface area contributed by atoms with Crippen molar-refractivity contribution >= 4 is 34.2 Å². The van der Waals surface area contributed by atoms with Crippen molar-refractivity contribution in [1.29, 1.82) is 0 Å². The molecular formula is C16H14ClN5O. The molecule has 23 heavy (non-hydrogen) atoms. The van der Waals surface area contributed by atoms with Crippen LogP contribution in [0.4, 0.5) is 5.82 Å². The lowest BCUT2D eigenvalue weighted by molar-refractivity contribution is 0.0730. The van der Waals surface area contributed by atoms with Gasteiger partial charge in [0.25, 0.3) is 5.91 Å². The van der Waals surface area contributed by atoms with Gasteiger partial charge in [0, 0.05) is 59.1 Å². The van der Waals surface area contributed by atoms with Crippen LogP contribution in [0.1, 0.15) is 21.7 Å². The highest BCUT2D eigenvalue weighted by Gasteiger charge is 2.26. The van der Waals surface area contributed by atoms with E-state index >= 15 is 0 Å². The third kappa shape index (κ3) is 2.31. The first-order chi connectivity index (χ1) is 11.1. The molecule has 116 valence electrons. The fourth-order valence-electron chi connectivity index (χ4n) is 3.02. The van der Waals surface area contributed by atoms with E-state index in [1.54, 1.807) is 4.90 Å². The van der Waals surface area contributed by atoms with Gasteiger partial charge < -0.3 is 15.6 Å². The average Bonchev–Trinajstić information content (AvgIpc) is 2.92. The van der Waals surface area contributed by atoms with E-state index in [1.165, 1.54) is 12.4 Å². The fraction of sp³-hybridized carbons (Fsp3) is 0.188. The van der Waals surface area contributed by atoms with Gasteiger partial charge in [0.1, 0.15) is 0 Å². The van der Waals surface area contributed by atoms with E-state index in [4.69, 9.17) is 17.3 Å². The summed E-state index contributed by atoms with van der Waals surface area (Å²) in [5.74, 6) is -0.0390. The summed E-state index contributed by atoms with van der Waals surface area (Å²) >= 11 is 6.10. The molecule has 0 radical (unpaired) electrons. The lowest BCUT2D eigenvalue weighted by Gasteiger charge is -2.27. The number of H-pyrrole nitrogens is 1. The number of anilines is 1. The second-order valence-electron chi connectivity index (χ2n) is 5.54. The summed E-state index contributed by atoms with van der Waals surface area (Å²) in [6.07, 6.45) is 3.71. The van der Waals surface area contributed by atoms with Gasteiger partial charge in [0.05, 0.1) is 0 Å². The number of nitrogens with two attached hydrogens (primary N) is 1. The van der Waals surface area contributed by atoms with Crippen LogP contribution < -0.4 is 5.73 Å². The molecule has 0 atom stereocenters. The second-order valence-corrected chi connectivity index (χ2v) is 5.98. The Kier molecular flexibility index (Phi) is 3.20. The van der Waals surface area contributed by atoms with Crippen LogP contribution in [0.2, 0.25) is 5.02 Å². The van der Waals surface area contributed by atoms with Gasteiger partial charge in [0.2, 0.25) is 0 Å². The maximum atomic E-state index is 12.7. The number of benzene rings is 1. The van der Waals surface area contributed by atoms with Crippen molar-refractivity contribution in [2.75, 3.05) is 12.3 Å². The number of nitrogens with one attached hydrogen (secondary N) is 1. The zero-order valence-corrected chi connectivity index (χ0v) is 13.0. The molecule has 1 aliphatic heterocycles. The molecule has 2 aromatic heterocycles. The summed E-state index contributed by atoms with van der Waals surface area (Å²) in [5, 5.41) is 1.73. The number of hydrogen-bond donors (Lipinski definition) is 2. The predicted molar refractivity (Wildman–Crippen MR) is 88.2 cm³/mol. The third-order valence-electron chi connectivity index (χ3n) is 4.15. The number of hydrogen-bond acceptors (Lipinski definition) is 4. The number of carbonyl (C=O) groups excluding carboxylic acids is 1. The number of fused-ring (bicyclic) bond motifs is 3. The zero-order chi connectivity index (χ0) is 16.0. The fourth-order valence-corrected chi connectivity index (χ4v) is 3.20. The average molecular weight is 328 g/mol. The molecule has 4 rings (SSSR count). The van der Waals surface area contributed by atoms with E-state index in [0.717, 1.165) is 28.6 Å². The first-order valence-electron chi connectivity index (χ1n) is 7.28. The summed E-state index contributed by atoms with van der Waals surface area (Å²) < 4.78 is 0. The molecule has 6 nitrogen and oxygen atoms in total. The van der Waals surface area contributed by atoms with Gasteiger partial charge >= 0.3 is 0 Å². The highest BCUT2D eigenvalue weighted by molar-refractivity contribution is 6.31. The molecule has 1 amide bonds. The molecule has 0 bridgehead atoms. The maximum absolute atomic E-state index is 12.7. The topological polar surface area (TPSA) is 87.9 Å². The van der Waals surface area contributed by atoms with Gasteiger partial charge in [-0.3, -0.25) is 4.79 Å². The Morgan fingerprint density at radius 2 is 2.13 bits per heavy atom. The Morgan fingerprint density at radius 3 is 2.96 bits per heavy atom. The standard InChI is InChI=1S/C16H14ClN5O/c17-9-1-2-12-10(7-9)11-8-22(6-3-13(11)21-12)16(23)14-15(18)20-5-4-19-14/h1-2,4-5,7,21H,3,6,8H2,(H2,18,20). The second kappa shape index (κ2) is 5.24. The van der Waals surface area contributed by atoms with Crippen LogP contribution in [0.5, 0.6) is 0 Å². The molecule has 0 aliphatic carbocycles. The summed E-state index contributed by atoms with van der Waals surface area (Å²) in [5.41, 5.74) is 9.26. The highest BCUT2D eigenvalue weighted by atomic mass is 35.5. The molecule has 0 saturated heterocycles. The minimum Gasteiger partial charge on any atom is -0.382 e. The molecule has 3 heterocycles. The quantitative estimate of drug-likeness (QED) is 0.718. The van der Waals surface area contributed by atoms with Crippen molar-refractivity contribution in [3.8, 4) is 0 Å². The molecule has 0 saturated carbocycles. The lowest BCUT2D eigenvalue weighted by Crippen LogP contribution is -2.36. The molecule has 0 spiro atoms. The highest BCUT2D eigenvalue weighted by Crippen LogP contribution is 2.30. The SMILES string of the molecule is Nc1nccnc1C(=O)N1CCc2[nH]c3ccc(Cl)cc3c2C1. The van der Waals surface area contributed by atoms with Crippen molar-refractivity contribution in [1.82, 2.24) is 19.9 Å². The monoisotopic (exact) mass is 327 g/mol. The predicted octanol–water partition coefficient (Wildman–Crippen LogP) is 2.39. The summed E-state index contributed by atoms with van der Waals surface area (Å²) in [6.45, 7) is 1.12. The van der Waals surface area contributed by atoms with E-state index in [9.17, 15) is 4.79 Å². The van der Waals surface area contributed by atoms with Crippen LogP contribution in [0, 0.1) is 0 Å². The first-order valence-corrected chi connectivity index (χ1v) is 7.66. The lowest BCUT2D eigenvalue weighted by atomic mass is 10.0. The molecule has 7 heteroatoms. The third-order valence-corrected chi connectivity index (χ3v) is 4.39. The van der Waals surface area contributed by atoms with E-state index in [0.29, 0.717) is 18.1 Å². The van der Waals surface area contributed by atoms with Crippen LogP contribution in [0.3, 0.4) is 0 Å². The Morgan fingerprint density at radius 1 is 1.30 bits per heavy atom. The van der Waals surface area contributed by atoms with Gasteiger partial charge in [-0.05, 0) is 18.2 Å². The van der Waals surface area contributed by atoms with Gasteiger partial charge in [-0.15, -0.1) is 0 Å². The number of halogens is 1. The molecule has 3 N–H and O–H groups in total. The van der Waals surface area contributed by atoms with Crippen molar-refractivity contribution in [2.45, 2.75) is 13.0 Å². The molecule has 0 fully saturated rings. The zero-order valence-electron chi connectivity index (χ0n) is 12.2. The largest absolute Gasteiger partial charge is 0.382 e. The van der Waals surface area contributed by atoms with Crippen molar-refractivity contribution in [2.24, 2.45) is 0 Å². The number of aromatic nitrogens is 3. The molecule has 1 aromatic carbocycles. The van der Waals surface area contributed by atoms with E-state index in [1.807, 2.05) is 18.2 Å². The molecular weight excluding hydrogens is 314 g/mol. The minimum atomic E-state index is -0.197. The van der Waals surface area contributed by atoms with Crippen molar-refractivity contribution < 1.29 is 4.79 Å². The molecule has 3 aromatic rings. The van der Waals surface area contributed by atoms with Crippen LogP contribution in [-0.4, -0.2) is 32.3 Å². The molecule has 0 unspecified atom stereocenters. The van der Waals surface area contributed by atoms with Gasteiger partial charge in [0.15, 0.2) is 11.5 Å². The van der Waals surface area contributed by atoms with E-state index in [-0.39, 0.29) is 17.4 Å². The van der Waals surface area contributed by atoms with Crippen LogP contribution in [0.25, 0.3) is 10.9 Å². The Balaban J connectivity index is 1.71. The van der Waals surface area contributed by atoms with Crippen LogP contribution in [-0.2, 0) is 13.0 Å². The van der Waals surface area contributed by atoms with Crippen LogP contribution in [0.15, 0.2) is 30.6 Å². The van der Waals surface area contributed by atoms with Crippen molar-refractivity contribution in [3.63, 3.8) is 0 Å². The summed E-state index contributed by atoms with van der Waals surface area (Å²) in [7, 11) is 0. The Bertz CT molecular complexity index is 920. The number of rotatable bonds is 1. The summed E-state index contributed by atoms with van der Waals surface area (Å²) in [6, 6.07) is 5.74. The van der Waals surface area contributed by atoms with E-state index < -0.39 is 0 Å². The number of carbonyl (C=O) groups is 1. The smallest absolute Gasteiger partial charge is 0.276 e. The van der Waals surface area contributed by atoms with Gasteiger partial charge in [-0.1, -0.05) is 11.6 Å². The van der Waals surface area contributed by atoms with Gasteiger partial charge in [-0.2, -0.15) is 0 Å². The minimum absolute atomic E-state index is 0.158. The Hall–Kier alpha value is -2.60. The number of amides is 1. The summed E-state index contributed by atoms with van der Waals surface area (Å²) in [4.78, 5) is 25.8.